The van der Waals surface area contributed by atoms with Gasteiger partial charge in [-0.25, -0.2) is 13.6 Å². The van der Waals surface area contributed by atoms with Gasteiger partial charge in [0.25, 0.3) is 0 Å². The van der Waals surface area contributed by atoms with Gasteiger partial charge in [-0.1, -0.05) is 23.7 Å². The number of carbonyl (C=O) groups excluding carboxylic acids is 1. The lowest BCUT2D eigenvalue weighted by atomic mass is 10.00. The van der Waals surface area contributed by atoms with Crippen LogP contribution in [0.5, 0.6) is 5.75 Å². The number of ether oxygens (including phenoxy) is 1. The first-order chi connectivity index (χ1) is 15.9. The maximum Gasteiger partial charge on any atom is 0.415 e. The van der Waals surface area contributed by atoms with Crippen molar-refractivity contribution in [3.8, 4) is 16.9 Å². The SMILES string of the molecule is CCN(CC)C(=O)Oc1ccc2c(ccn2Cc2ccc(Cl)cc2)c1-c1cc(F)cc(F)c1. The van der Waals surface area contributed by atoms with Crippen molar-refractivity contribution in [2.45, 2.75) is 20.4 Å². The molecule has 0 saturated heterocycles. The summed E-state index contributed by atoms with van der Waals surface area (Å²) in [7, 11) is 0. The van der Waals surface area contributed by atoms with Crippen molar-refractivity contribution in [3.05, 3.63) is 89.1 Å². The van der Waals surface area contributed by atoms with Gasteiger partial charge in [-0.15, -0.1) is 0 Å². The van der Waals surface area contributed by atoms with Gasteiger partial charge in [0.1, 0.15) is 17.4 Å². The Labute approximate surface area is 196 Å². The van der Waals surface area contributed by atoms with Crippen LogP contribution < -0.4 is 4.74 Å². The highest BCUT2D eigenvalue weighted by atomic mass is 35.5. The lowest BCUT2D eigenvalue weighted by Crippen LogP contribution is -2.33. The maximum absolute atomic E-state index is 14.1. The summed E-state index contributed by atoms with van der Waals surface area (Å²) in [5, 5.41) is 1.38. The van der Waals surface area contributed by atoms with Gasteiger partial charge in [-0.3, -0.25) is 0 Å². The number of amides is 1. The molecule has 3 aromatic carbocycles. The molecule has 7 heteroatoms. The second-order valence-electron chi connectivity index (χ2n) is 7.64. The van der Waals surface area contributed by atoms with E-state index in [0.29, 0.717) is 35.8 Å². The monoisotopic (exact) mass is 468 g/mol. The Morgan fingerprint density at radius 2 is 1.64 bits per heavy atom. The van der Waals surface area contributed by atoms with Crippen LogP contribution in [0.1, 0.15) is 19.4 Å². The molecule has 0 N–H and O–H groups in total. The van der Waals surface area contributed by atoms with Crippen LogP contribution in [0, 0.1) is 11.6 Å². The van der Waals surface area contributed by atoms with Crippen LogP contribution in [0.4, 0.5) is 13.6 Å². The van der Waals surface area contributed by atoms with Crippen LogP contribution >= 0.6 is 11.6 Å². The summed E-state index contributed by atoms with van der Waals surface area (Å²) in [5.41, 5.74) is 2.64. The lowest BCUT2D eigenvalue weighted by molar-refractivity contribution is 0.157. The van der Waals surface area contributed by atoms with Gasteiger partial charge >= 0.3 is 6.09 Å². The van der Waals surface area contributed by atoms with Crippen LogP contribution in [0.15, 0.2) is 66.9 Å². The molecule has 0 atom stereocenters. The Balaban J connectivity index is 1.83. The largest absolute Gasteiger partial charge is 0.415 e. The lowest BCUT2D eigenvalue weighted by Gasteiger charge is -2.20. The van der Waals surface area contributed by atoms with Gasteiger partial charge in [0.05, 0.1) is 0 Å². The van der Waals surface area contributed by atoms with E-state index in [4.69, 9.17) is 16.3 Å². The first-order valence-corrected chi connectivity index (χ1v) is 11.1. The molecule has 1 heterocycles. The summed E-state index contributed by atoms with van der Waals surface area (Å²) in [6.45, 7) is 5.26. The number of aromatic nitrogens is 1. The Bertz CT molecular complexity index is 1280. The molecule has 0 radical (unpaired) electrons. The zero-order valence-electron chi connectivity index (χ0n) is 18.3. The highest BCUT2D eigenvalue weighted by molar-refractivity contribution is 6.30. The summed E-state index contributed by atoms with van der Waals surface area (Å²) in [6, 6.07) is 16.2. The van der Waals surface area contributed by atoms with Crippen LogP contribution in [-0.4, -0.2) is 28.6 Å². The molecule has 4 aromatic rings. The first-order valence-electron chi connectivity index (χ1n) is 10.7. The second-order valence-corrected chi connectivity index (χ2v) is 8.08. The van der Waals surface area contributed by atoms with Crippen molar-refractivity contribution in [1.29, 1.82) is 0 Å². The molecular weight excluding hydrogens is 446 g/mol. The van der Waals surface area contributed by atoms with E-state index in [1.807, 2.05) is 61.0 Å². The van der Waals surface area contributed by atoms with Crippen LogP contribution in [-0.2, 0) is 6.54 Å². The number of hydrogen-bond donors (Lipinski definition) is 0. The predicted octanol–water partition coefficient (Wildman–Crippen LogP) is 7.13. The molecule has 4 rings (SSSR count). The molecule has 1 aromatic heterocycles. The van der Waals surface area contributed by atoms with Crippen molar-refractivity contribution < 1.29 is 18.3 Å². The molecule has 1 amide bonds. The van der Waals surface area contributed by atoms with E-state index in [-0.39, 0.29) is 5.75 Å². The van der Waals surface area contributed by atoms with E-state index in [9.17, 15) is 13.6 Å². The summed E-state index contributed by atoms with van der Waals surface area (Å²) in [6.07, 6.45) is 1.38. The number of rotatable bonds is 6. The Hall–Kier alpha value is -3.38. The third-order valence-electron chi connectivity index (χ3n) is 5.55. The van der Waals surface area contributed by atoms with Crippen molar-refractivity contribution in [3.63, 3.8) is 0 Å². The van der Waals surface area contributed by atoms with E-state index in [1.54, 1.807) is 6.07 Å². The predicted molar refractivity (Wildman–Crippen MR) is 127 cm³/mol. The Morgan fingerprint density at radius 3 is 2.27 bits per heavy atom. The molecule has 170 valence electrons. The normalized spacial score (nSPS) is 11.1. The number of benzene rings is 3. The highest BCUT2D eigenvalue weighted by Crippen LogP contribution is 2.39. The quantitative estimate of drug-likeness (QED) is 0.301. The molecule has 0 unspecified atom stereocenters. The number of halogens is 3. The number of fused-ring (bicyclic) bond motifs is 1. The molecule has 0 aliphatic carbocycles. The van der Waals surface area contributed by atoms with E-state index in [1.165, 1.54) is 17.0 Å². The van der Waals surface area contributed by atoms with Crippen molar-refractivity contribution in [1.82, 2.24) is 9.47 Å². The minimum absolute atomic E-state index is 0.244. The maximum atomic E-state index is 14.1. The number of carbonyl (C=O) groups is 1. The molecule has 0 saturated carbocycles. The minimum atomic E-state index is -0.705. The van der Waals surface area contributed by atoms with Crippen LogP contribution in [0.2, 0.25) is 5.02 Å². The van der Waals surface area contributed by atoms with Crippen molar-refractivity contribution in [2.75, 3.05) is 13.1 Å². The summed E-state index contributed by atoms with van der Waals surface area (Å²) >= 11 is 5.99. The molecule has 4 nitrogen and oxygen atoms in total. The fourth-order valence-corrected chi connectivity index (χ4v) is 4.02. The second kappa shape index (κ2) is 9.63. The van der Waals surface area contributed by atoms with E-state index in [0.717, 1.165) is 22.5 Å². The summed E-state index contributed by atoms with van der Waals surface area (Å²) < 4.78 is 35.9. The topological polar surface area (TPSA) is 34.5 Å². The molecule has 0 fully saturated rings. The molecule has 0 aliphatic rings. The van der Waals surface area contributed by atoms with E-state index < -0.39 is 17.7 Å². The highest BCUT2D eigenvalue weighted by Gasteiger charge is 2.20. The van der Waals surface area contributed by atoms with Crippen LogP contribution in [0.25, 0.3) is 22.0 Å². The molecule has 0 bridgehead atoms. The molecular formula is C26H23ClF2N2O2. The molecule has 0 aliphatic heterocycles. The van der Waals surface area contributed by atoms with Crippen molar-refractivity contribution >= 4 is 28.6 Å². The third-order valence-corrected chi connectivity index (χ3v) is 5.80. The fourth-order valence-electron chi connectivity index (χ4n) is 3.90. The standard InChI is InChI=1S/C26H23ClF2N2O2/c1-3-30(4-2)26(32)33-24-10-9-23-22(25(24)18-13-20(28)15-21(29)14-18)11-12-31(23)16-17-5-7-19(27)8-6-17/h5-15H,3-4,16H2,1-2H3. The zero-order chi connectivity index (χ0) is 23.5. The Kier molecular flexibility index (Phi) is 6.65. The number of hydrogen-bond acceptors (Lipinski definition) is 2. The average Bonchev–Trinajstić information content (AvgIpc) is 3.18. The van der Waals surface area contributed by atoms with Gasteiger partial charge in [-0.05, 0) is 67.4 Å². The van der Waals surface area contributed by atoms with Gasteiger partial charge in [-0.2, -0.15) is 0 Å². The van der Waals surface area contributed by atoms with Gasteiger partial charge in [0.15, 0.2) is 0 Å². The van der Waals surface area contributed by atoms with E-state index >= 15 is 0 Å². The summed E-state index contributed by atoms with van der Waals surface area (Å²) in [5.74, 6) is -1.17. The average molecular weight is 469 g/mol. The zero-order valence-corrected chi connectivity index (χ0v) is 19.1. The van der Waals surface area contributed by atoms with E-state index in [2.05, 4.69) is 0 Å². The summed E-state index contributed by atoms with van der Waals surface area (Å²) in [4.78, 5) is 14.2. The van der Waals surface area contributed by atoms with Crippen LogP contribution in [0.3, 0.4) is 0 Å². The van der Waals surface area contributed by atoms with Gasteiger partial charge < -0.3 is 14.2 Å². The van der Waals surface area contributed by atoms with Gasteiger partial charge in [0.2, 0.25) is 0 Å². The van der Waals surface area contributed by atoms with Crippen molar-refractivity contribution in [2.24, 2.45) is 0 Å². The molecule has 0 spiro atoms. The first kappa shape index (κ1) is 22.8. The molecule has 33 heavy (non-hydrogen) atoms. The smallest absolute Gasteiger partial charge is 0.410 e. The minimum Gasteiger partial charge on any atom is -0.410 e. The fraction of sp³-hybridized carbons (Fsp3) is 0.192. The third kappa shape index (κ3) is 4.86. The van der Waals surface area contributed by atoms with Gasteiger partial charge in [0, 0.05) is 53.4 Å². The number of nitrogens with zero attached hydrogens (tertiary/aromatic N) is 2. The Morgan fingerprint density at radius 1 is 0.970 bits per heavy atom.